The number of benzene rings is 2. The van der Waals surface area contributed by atoms with E-state index < -0.39 is 0 Å². The highest BCUT2D eigenvalue weighted by atomic mass is 19.1. The number of rotatable bonds is 4. The van der Waals surface area contributed by atoms with E-state index in [-0.39, 0.29) is 5.82 Å². The molecule has 0 spiro atoms. The third-order valence-electron chi connectivity index (χ3n) is 2.90. The van der Waals surface area contributed by atoms with Crippen molar-refractivity contribution in [2.75, 3.05) is 20.6 Å². The van der Waals surface area contributed by atoms with Gasteiger partial charge >= 0.3 is 0 Å². The molecule has 0 aliphatic carbocycles. The van der Waals surface area contributed by atoms with Crippen molar-refractivity contribution in [3.8, 4) is 0 Å². The highest BCUT2D eigenvalue weighted by molar-refractivity contribution is 5.79. The molecule has 2 aromatic rings. The maximum atomic E-state index is 13.0. The predicted molar refractivity (Wildman–Crippen MR) is 78.5 cm³/mol. The van der Waals surface area contributed by atoms with Gasteiger partial charge in [-0.3, -0.25) is 0 Å². The van der Waals surface area contributed by atoms with Gasteiger partial charge in [0.05, 0.1) is 0 Å². The summed E-state index contributed by atoms with van der Waals surface area (Å²) in [5, 5.41) is 0. The van der Waals surface area contributed by atoms with E-state index in [0.717, 1.165) is 23.2 Å². The lowest BCUT2D eigenvalue weighted by molar-refractivity contribution is 0.457. The third kappa shape index (κ3) is 3.76. The molecule has 0 fully saturated rings. The molecule has 98 valence electrons. The summed E-state index contributed by atoms with van der Waals surface area (Å²) in [5.74, 6) is -0.205. The molecule has 0 bridgehead atoms. The van der Waals surface area contributed by atoms with Crippen LogP contribution < -0.4 is 0 Å². The molecule has 0 N–H and O–H groups in total. The molecule has 0 aromatic heterocycles. The second kappa shape index (κ2) is 6.30. The van der Waals surface area contributed by atoms with Crippen molar-refractivity contribution in [1.29, 1.82) is 0 Å². The van der Waals surface area contributed by atoms with Crippen molar-refractivity contribution >= 4 is 5.57 Å². The van der Waals surface area contributed by atoms with Crippen molar-refractivity contribution in [2.24, 2.45) is 0 Å². The molecule has 0 atom stereocenters. The summed E-state index contributed by atoms with van der Waals surface area (Å²) in [7, 11) is 4.06. The van der Waals surface area contributed by atoms with Gasteiger partial charge in [-0.25, -0.2) is 4.39 Å². The molecular formula is C17H18FN. The summed E-state index contributed by atoms with van der Waals surface area (Å²) in [4.78, 5) is 2.10. The quantitative estimate of drug-likeness (QED) is 0.802. The van der Waals surface area contributed by atoms with Gasteiger partial charge in [0.15, 0.2) is 0 Å². The van der Waals surface area contributed by atoms with Crippen molar-refractivity contribution in [3.05, 3.63) is 77.6 Å². The highest BCUT2D eigenvalue weighted by Gasteiger charge is 2.04. The van der Waals surface area contributed by atoms with Crippen LogP contribution in [0.5, 0.6) is 0 Å². The molecule has 2 heteroatoms. The fourth-order valence-corrected chi connectivity index (χ4v) is 1.92. The van der Waals surface area contributed by atoms with Gasteiger partial charge < -0.3 is 4.90 Å². The zero-order valence-electron chi connectivity index (χ0n) is 11.3. The molecule has 0 unspecified atom stereocenters. The number of hydrogen-bond acceptors (Lipinski definition) is 1. The van der Waals surface area contributed by atoms with Crippen LogP contribution in [0.3, 0.4) is 0 Å². The molecule has 0 saturated heterocycles. The Labute approximate surface area is 114 Å². The van der Waals surface area contributed by atoms with Crippen LogP contribution in [0.15, 0.2) is 60.7 Å². The molecule has 0 heterocycles. The van der Waals surface area contributed by atoms with E-state index in [1.807, 2.05) is 44.4 Å². The van der Waals surface area contributed by atoms with E-state index in [2.05, 4.69) is 23.1 Å². The van der Waals surface area contributed by atoms with Gasteiger partial charge in [0, 0.05) is 6.54 Å². The monoisotopic (exact) mass is 255 g/mol. The van der Waals surface area contributed by atoms with E-state index in [1.54, 1.807) is 0 Å². The second-order valence-corrected chi connectivity index (χ2v) is 4.75. The Morgan fingerprint density at radius 1 is 0.947 bits per heavy atom. The molecule has 0 radical (unpaired) electrons. The lowest BCUT2D eigenvalue weighted by Gasteiger charge is -2.11. The summed E-state index contributed by atoms with van der Waals surface area (Å²) in [6, 6.07) is 16.8. The number of likely N-dealkylation sites (N-methyl/N-ethyl adjacent to an activating group) is 1. The van der Waals surface area contributed by atoms with Crippen LogP contribution in [0.1, 0.15) is 11.1 Å². The Hall–Kier alpha value is -1.93. The Balaban J connectivity index is 2.40. The van der Waals surface area contributed by atoms with Gasteiger partial charge in [-0.15, -0.1) is 0 Å². The van der Waals surface area contributed by atoms with E-state index >= 15 is 0 Å². The zero-order valence-corrected chi connectivity index (χ0v) is 11.3. The summed E-state index contributed by atoms with van der Waals surface area (Å²) in [6.45, 7) is 0.849. The summed E-state index contributed by atoms with van der Waals surface area (Å²) in [6.07, 6.45) is 2.17. The van der Waals surface area contributed by atoms with E-state index in [9.17, 15) is 4.39 Å². The van der Waals surface area contributed by atoms with Crippen LogP contribution in [-0.4, -0.2) is 25.5 Å². The molecule has 2 aromatic carbocycles. The van der Waals surface area contributed by atoms with Gasteiger partial charge in [-0.05, 0) is 42.9 Å². The van der Waals surface area contributed by atoms with Crippen LogP contribution in [0.4, 0.5) is 4.39 Å². The minimum Gasteiger partial charge on any atom is -0.306 e. The van der Waals surface area contributed by atoms with Gasteiger partial charge in [-0.2, -0.15) is 0 Å². The summed E-state index contributed by atoms with van der Waals surface area (Å²) >= 11 is 0. The largest absolute Gasteiger partial charge is 0.306 e. The first kappa shape index (κ1) is 13.5. The van der Waals surface area contributed by atoms with Crippen LogP contribution >= 0.6 is 0 Å². The van der Waals surface area contributed by atoms with Crippen LogP contribution in [0.25, 0.3) is 5.57 Å². The number of hydrogen-bond donors (Lipinski definition) is 0. The fourth-order valence-electron chi connectivity index (χ4n) is 1.92. The normalized spacial score (nSPS) is 11.9. The standard InChI is InChI=1S/C17H18FN/c1-19(2)13-12-17(14-6-4-3-5-7-14)15-8-10-16(18)11-9-15/h3-12H,13H2,1-2H3/b17-12+. The first-order chi connectivity index (χ1) is 9.16. The van der Waals surface area contributed by atoms with Gasteiger partial charge in [-0.1, -0.05) is 48.5 Å². The minimum absolute atomic E-state index is 0.205. The second-order valence-electron chi connectivity index (χ2n) is 4.75. The summed E-state index contributed by atoms with van der Waals surface area (Å²) in [5.41, 5.74) is 3.32. The molecule has 19 heavy (non-hydrogen) atoms. The Kier molecular flexibility index (Phi) is 4.48. The molecule has 0 aliphatic rings. The maximum absolute atomic E-state index is 13.0. The average Bonchev–Trinajstić information content (AvgIpc) is 2.42. The van der Waals surface area contributed by atoms with Crippen molar-refractivity contribution in [1.82, 2.24) is 4.90 Å². The zero-order chi connectivity index (χ0) is 13.7. The van der Waals surface area contributed by atoms with Crippen LogP contribution in [-0.2, 0) is 0 Å². The van der Waals surface area contributed by atoms with Gasteiger partial charge in [0.1, 0.15) is 5.82 Å². The van der Waals surface area contributed by atoms with Crippen molar-refractivity contribution < 1.29 is 4.39 Å². The van der Waals surface area contributed by atoms with Crippen molar-refractivity contribution in [2.45, 2.75) is 0 Å². The number of nitrogens with zero attached hydrogens (tertiary/aromatic N) is 1. The Morgan fingerprint density at radius 2 is 1.53 bits per heavy atom. The topological polar surface area (TPSA) is 3.24 Å². The van der Waals surface area contributed by atoms with Gasteiger partial charge in [0.2, 0.25) is 0 Å². The first-order valence-electron chi connectivity index (χ1n) is 6.33. The Morgan fingerprint density at radius 3 is 2.11 bits per heavy atom. The highest BCUT2D eigenvalue weighted by Crippen LogP contribution is 2.23. The lowest BCUT2D eigenvalue weighted by atomic mass is 9.97. The van der Waals surface area contributed by atoms with Crippen LogP contribution in [0.2, 0.25) is 0 Å². The minimum atomic E-state index is -0.205. The smallest absolute Gasteiger partial charge is 0.123 e. The predicted octanol–water partition coefficient (Wildman–Crippen LogP) is 3.82. The average molecular weight is 255 g/mol. The van der Waals surface area contributed by atoms with Gasteiger partial charge in [0.25, 0.3) is 0 Å². The van der Waals surface area contributed by atoms with Crippen molar-refractivity contribution in [3.63, 3.8) is 0 Å². The molecule has 0 aliphatic heterocycles. The number of halogens is 1. The fraction of sp³-hybridized carbons (Fsp3) is 0.176. The van der Waals surface area contributed by atoms with Crippen LogP contribution in [0, 0.1) is 5.82 Å². The van der Waals surface area contributed by atoms with E-state index in [0.29, 0.717) is 0 Å². The SMILES string of the molecule is CN(C)C/C=C(\c1ccccc1)c1ccc(F)cc1. The molecule has 2 rings (SSSR count). The van der Waals surface area contributed by atoms with E-state index in [1.165, 1.54) is 12.1 Å². The molecule has 0 saturated carbocycles. The molecule has 0 amide bonds. The van der Waals surface area contributed by atoms with E-state index in [4.69, 9.17) is 0 Å². The Bertz CT molecular complexity index is 541. The summed E-state index contributed by atoms with van der Waals surface area (Å²) < 4.78 is 13.0. The third-order valence-corrected chi connectivity index (χ3v) is 2.90. The molecule has 1 nitrogen and oxygen atoms in total. The molecular weight excluding hydrogens is 237 g/mol. The maximum Gasteiger partial charge on any atom is 0.123 e. The first-order valence-corrected chi connectivity index (χ1v) is 6.33. The lowest BCUT2D eigenvalue weighted by Crippen LogP contribution is -2.11.